The molecule has 0 bridgehead atoms. The van der Waals surface area contributed by atoms with Crippen LogP contribution in [0.1, 0.15) is 45.6 Å². The number of rotatable bonds is 13. The van der Waals surface area contributed by atoms with Crippen LogP contribution in [0, 0.1) is 0 Å². The minimum atomic E-state index is -0.446. The normalized spacial score (nSPS) is 11.3. The zero-order chi connectivity index (χ0) is 20.8. The Morgan fingerprint density at radius 1 is 1.00 bits per heavy atom. The third-order valence-electron chi connectivity index (χ3n) is 4.04. The Hall–Kier alpha value is -1.17. The topological polar surface area (TPSA) is 53.6 Å². The van der Waals surface area contributed by atoms with Gasteiger partial charge in [-0.3, -0.25) is 0 Å². The van der Waals surface area contributed by atoms with Gasteiger partial charge in [-0.2, -0.15) is 0 Å². The van der Waals surface area contributed by atoms with Gasteiger partial charge in [0, 0.05) is 43.6 Å². The van der Waals surface area contributed by atoms with E-state index in [-0.39, 0.29) is 6.09 Å². The van der Waals surface area contributed by atoms with Crippen molar-refractivity contribution in [3.8, 4) is 0 Å². The number of alkyl halides is 2. The lowest BCUT2D eigenvalue weighted by Gasteiger charge is -2.23. The Balaban J connectivity index is 2.14. The van der Waals surface area contributed by atoms with Crippen molar-refractivity contribution in [3.63, 3.8) is 0 Å². The summed E-state index contributed by atoms with van der Waals surface area (Å²) in [6, 6.07) is 8.53. The molecule has 0 unspecified atom stereocenters. The number of benzene rings is 1. The molecule has 1 aromatic rings. The minimum Gasteiger partial charge on any atom is -0.444 e. The first kappa shape index (κ1) is 24.9. The van der Waals surface area contributed by atoms with E-state index in [0.29, 0.717) is 18.3 Å². The fraction of sp³-hybridized carbons (Fsp3) is 0.667. The third kappa shape index (κ3) is 11.6. The molecule has 1 aromatic carbocycles. The second-order valence-electron chi connectivity index (χ2n) is 7.70. The molecule has 160 valence electrons. The number of nitrogens with one attached hydrogen (secondary N) is 2. The molecule has 1 rings (SSSR count). The molecular formula is C21H35Cl2N3O2. The Labute approximate surface area is 180 Å². The minimum absolute atomic E-state index is 0.343. The van der Waals surface area contributed by atoms with Crippen molar-refractivity contribution in [2.45, 2.75) is 52.2 Å². The highest BCUT2D eigenvalue weighted by Gasteiger charge is 2.15. The van der Waals surface area contributed by atoms with Crippen LogP contribution in [0.2, 0.25) is 0 Å². The molecule has 7 heteroatoms. The Bertz CT molecular complexity index is 542. The van der Waals surface area contributed by atoms with Gasteiger partial charge in [0.15, 0.2) is 0 Å². The van der Waals surface area contributed by atoms with Crippen LogP contribution in [-0.2, 0) is 11.3 Å². The van der Waals surface area contributed by atoms with Crippen molar-refractivity contribution in [2.24, 2.45) is 0 Å². The molecule has 2 N–H and O–H groups in total. The van der Waals surface area contributed by atoms with Gasteiger partial charge >= 0.3 is 6.09 Å². The first-order valence-electron chi connectivity index (χ1n) is 9.99. The van der Waals surface area contributed by atoms with Crippen LogP contribution in [0.3, 0.4) is 0 Å². The molecule has 1 amide bonds. The van der Waals surface area contributed by atoms with Gasteiger partial charge in [-0.25, -0.2) is 4.79 Å². The van der Waals surface area contributed by atoms with E-state index < -0.39 is 5.60 Å². The van der Waals surface area contributed by atoms with Gasteiger partial charge in [-0.1, -0.05) is 18.6 Å². The fourth-order valence-electron chi connectivity index (χ4n) is 2.69. The highest BCUT2D eigenvalue weighted by molar-refractivity contribution is 6.18. The number of nitrogens with zero attached hydrogens (tertiary/aromatic N) is 1. The van der Waals surface area contributed by atoms with Crippen LogP contribution in [0.25, 0.3) is 0 Å². The van der Waals surface area contributed by atoms with Crippen molar-refractivity contribution < 1.29 is 9.53 Å². The predicted molar refractivity (Wildman–Crippen MR) is 120 cm³/mol. The van der Waals surface area contributed by atoms with Crippen LogP contribution < -0.4 is 15.5 Å². The number of anilines is 1. The second kappa shape index (κ2) is 13.9. The van der Waals surface area contributed by atoms with E-state index in [1.165, 1.54) is 5.56 Å². The second-order valence-corrected chi connectivity index (χ2v) is 8.45. The first-order chi connectivity index (χ1) is 13.4. The lowest BCUT2D eigenvalue weighted by molar-refractivity contribution is 0.0527. The quantitative estimate of drug-likeness (QED) is 0.349. The summed E-state index contributed by atoms with van der Waals surface area (Å²) in [5.41, 5.74) is 1.97. The number of unbranched alkanes of at least 4 members (excludes halogenated alkanes) is 2. The van der Waals surface area contributed by atoms with Crippen molar-refractivity contribution >= 4 is 35.0 Å². The van der Waals surface area contributed by atoms with Crippen LogP contribution >= 0.6 is 23.2 Å². The van der Waals surface area contributed by atoms with E-state index in [1.807, 2.05) is 20.8 Å². The van der Waals surface area contributed by atoms with Gasteiger partial charge in [-0.15, -0.1) is 23.2 Å². The monoisotopic (exact) mass is 431 g/mol. The van der Waals surface area contributed by atoms with E-state index in [1.54, 1.807) is 0 Å². The molecule has 0 heterocycles. The number of alkyl carbamates (subject to hydrolysis) is 1. The Morgan fingerprint density at radius 2 is 1.61 bits per heavy atom. The van der Waals surface area contributed by atoms with Crippen molar-refractivity contribution in [1.29, 1.82) is 0 Å². The largest absolute Gasteiger partial charge is 0.444 e. The molecule has 28 heavy (non-hydrogen) atoms. The maximum Gasteiger partial charge on any atom is 0.407 e. The summed E-state index contributed by atoms with van der Waals surface area (Å²) in [4.78, 5) is 13.7. The number of amides is 1. The molecule has 0 saturated carbocycles. The van der Waals surface area contributed by atoms with E-state index >= 15 is 0 Å². The zero-order valence-electron chi connectivity index (χ0n) is 17.4. The van der Waals surface area contributed by atoms with E-state index in [4.69, 9.17) is 27.9 Å². The molecule has 0 atom stereocenters. The summed E-state index contributed by atoms with van der Waals surface area (Å²) in [6.45, 7) is 9.64. The van der Waals surface area contributed by atoms with Crippen LogP contribution in [0.5, 0.6) is 0 Å². The summed E-state index contributed by atoms with van der Waals surface area (Å²) in [7, 11) is 0. The SMILES string of the molecule is CC(C)(C)OC(=O)NCCCCCNCc1ccc(N(CCCl)CCCl)cc1. The summed E-state index contributed by atoms with van der Waals surface area (Å²) in [6.07, 6.45) is 2.75. The molecule has 5 nitrogen and oxygen atoms in total. The molecule has 0 spiro atoms. The summed E-state index contributed by atoms with van der Waals surface area (Å²) in [5.74, 6) is 1.18. The first-order valence-corrected chi connectivity index (χ1v) is 11.1. The summed E-state index contributed by atoms with van der Waals surface area (Å²) >= 11 is 11.7. The van der Waals surface area contributed by atoms with Gasteiger partial charge in [0.1, 0.15) is 5.60 Å². The predicted octanol–water partition coefficient (Wildman–Crippen LogP) is 4.76. The number of carbonyl (C=O) groups is 1. The molecular weight excluding hydrogens is 397 g/mol. The molecule has 0 radical (unpaired) electrons. The standard InChI is InChI=1S/C21H35Cl2N3O2/c1-21(2,3)28-20(27)25-14-6-4-5-13-24-17-18-7-9-19(10-8-18)26(15-11-22)16-12-23/h7-10,24H,4-6,11-17H2,1-3H3,(H,25,27). The average Bonchev–Trinajstić information content (AvgIpc) is 2.63. The highest BCUT2D eigenvalue weighted by Crippen LogP contribution is 2.15. The molecule has 0 aliphatic rings. The van der Waals surface area contributed by atoms with Gasteiger partial charge in [-0.05, 0) is 57.9 Å². The van der Waals surface area contributed by atoms with E-state index in [2.05, 4.69) is 39.8 Å². The molecule has 0 aliphatic heterocycles. The van der Waals surface area contributed by atoms with E-state index in [0.717, 1.165) is 51.1 Å². The number of hydrogen-bond donors (Lipinski definition) is 2. The number of halogens is 2. The van der Waals surface area contributed by atoms with E-state index in [9.17, 15) is 4.79 Å². The number of hydrogen-bond acceptors (Lipinski definition) is 4. The third-order valence-corrected chi connectivity index (χ3v) is 4.38. The lowest BCUT2D eigenvalue weighted by Crippen LogP contribution is -2.33. The van der Waals surface area contributed by atoms with Gasteiger partial charge in [0.05, 0.1) is 0 Å². The smallest absolute Gasteiger partial charge is 0.407 e. The van der Waals surface area contributed by atoms with Crippen LogP contribution in [0.4, 0.5) is 10.5 Å². The number of carbonyl (C=O) groups excluding carboxylic acids is 1. The molecule has 0 aliphatic carbocycles. The van der Waals surface area contributed by atoms with Gasteiger partial charge in [0.25, 0.3) is 0 Å². The van der Waals surface area contributed by atoms with Gasteiger partial charge in [0.2, 0.25) is 0 Å². The average molecular weight is 432 g/mol. The van der Waals surface area contributed by atoms with Crippen molar-refractivity contribution in [2.75, 3.05) is 42.8 Å². The van der Waals surface area contributed by atoms with Crippen molar-refractivity contribution in [3.05, 3.63) is 29.8 Å². The molecule has 0 fully saturated rings. The van der Waals surface area contributed by atoms with Crippen LogP contribution in [-0.4, -0.2) is 49.6 Å². The molecule has 0 saturated heterocycles. The summed E-state index contributed by atoms with van der Waals surface area (Å²) in [5, 5.41) is 6.25. The highest BCUT2D eigenvalue weighted by atomic mass is 35.5. The van der Waals surface area contributed by atoms with Gasteiger partial charge < -0.3 is 20.3 Å². The maximum absolute atomic E-state index is 11.5. The number of ether oxygens (including phenoxy) is 1. The van der Waals surface area contributed by atoms with Crippen molar-refractivity contribution in [1.82, 2.24) is 10.6 Å². The Kier molecular flexibility index (Phi) is 12.4. The lowest BCUT2D eigenvalue weighted by atomic mass is 10.2. The van der Waals surface area contributed by atoms with Crippen LogP contribution in [0.15, 0.2) is 24.3 Å². The summed E-state index contributed by atoms with van der Waals surface area (Å²) < 4.78 is 5.20. The maximum atomic E-state index is 11.5. The fourth-order valence-corrected chi connectivity index (χ4v) is 3.10. The Morgan fingerprint density at radius 3 is 2.18 bits per heavy atom. The zero-order valence-corrected chi connectivity index (χ0v) is 18.9. The molecule has 0 aromatic heterocycles.